The first-order valence-electron chi connectivity index (χ1n) is 10.6. The minimum atomic E-state index is -0.132. The number of hydrogen-bond donors (Lipinski definition) is 1. The van der Waals surface area contributed by atoms with Crippen molar-refractivity contribution in [1.29, 1.82) is 0 Å². The average Bonchev–Trinajstić information content (AvgIpc) is 2.85. The van der Waals surface area contributed by atoms with Crippen LogP contribution in [0.15, 0.2) is 84.0 Å². The van der Waals surface area contributed by atoms with Crippen molar-refractivity contribution < 1.29 is 14.3 Å². The number of ketones is 1. The van der Waals surface area contributed by atoms with Crippen LogP contribution in [0.4, 0.5) is 0 Å². The number of carbonyl (C=O) groups is 2. The Bertz CT molecular complexity index is 1020. The molecule has 7 heteroatoms. The van der Waals surface area contributed by atoms with Crippen LogP contribution in [0.5, 0.6) is 5.75 Å². The Morgan fingerprint density at radius 2 is 1.69 bits per heavy atom. The van der Waals surface area contributed by atoms with Crippen LogP contribution in [0.25, 0.3) is 0 Å². The number of piperidine rings is 1. The van der Waals surface area contributed by atoms with E-state index < -0.39 is 0 Å². The molecule has 2 heterocycles. The SMILES string of the molecule is O=C(COc1ccc(C(=O)c2ccccc2)cc1)NC1CCN(Sc2cccnc2)CC1. The van der Waals surface area contributed by atoms with Gasteiger partial charge in [0.15, 0.2) is 12.4 Å². The van der Waals surface area contributed by atoms with Gasteiger partial charge in [-0.05, 0) is 61.2 Å². The molecule has 1 N–H and O–H groups in total. The van der Waals surface area contributed by atoms with Crippen LogP contribution in [0.3, 0.4) is 0 Å². The summed E-state index contributed by atoms with van der Waals surface area (Å²) in [6.45, 7) is 1.77. The van der Waals surface area contributed by atoms with Crippen molar-refractivity contribution in [2.45, 2.75) is 23.8 Å². The molecular formula is C25H25N3O3S. The number of rotatable bonds is 8. The molecule has 32 heavy (non-hydrogen) atoms. The Hall–Kier alpha value is -3.16. The van der Waals surface area contributed by atoms with Gasteiger partial charge in [0.25, 0.3) is 5.91 Å². The summed E-state index contributed by atoms with van der Waals surface area (Å²) < 4.78 is 7.91. The lowest BCUT2D eigenvalue weighted by molar-refractivity contribution is -0.124. The highest BCUT2D eigenvalue weighted by atomic mass is 32.2. The number of carbonyl (C=O) groups excluding carboxylic acids is 2. The molecule has 1 aliphatic rings. The highest BCUT2D eigenvalue weighted by Gasteiger charge is 2.21. The van der Waals surface area contributed by atoms with E-state index in [0.717, 1.165) is 30.8 Å². The molecule has 3 aromatic rings. The van der Waals surface area contributed by atoms with E-state index in [1.54, 1.807) is 54.5 Å². The number of pyridine rings is 1. The van der Waals surface area contributed by atoms with Crippen LogP contribution in [-0.2, 0) is 4.79 Å². The van der Waals surface area contributed by atoms with Gasteiger partial charge in [0.05, 0.1) is 0 Å². The predicted molar refractivity (Wildman–Crippen MR) is 125 cm³/mol. The Morgan fingerprint density at radius 1 is 0.969 bits per heavy atom. The highest BCUT2D eigenvalue weighted by Crippen LogP contribution is 2.25. The molecule has 6 nitrogen and oxygen atoms in total. The van der Waals surface area contributed by atoms with Crippen molar-refractivity contribution in [3.8, 4) is 5.75 Å². The number of ether oxygens (including phenoxy) is 1. The summed E-state index contributed by atoms with van der Waals surface area (Å²) in [7, 11) is 0. The van der Waals surface area contributed by atoms with Crippen molar-refractivity contribution in [2.24, 2.45) is 0 Å². The van der Waals surface area contributed by atoms with Crippen molar-refractivity contribution in [2.75, 3.05) is 19.7 Å². The Kier molecular flexibility index (Phi) is 7.53. The number of hydrogen-bond acceptors (Lipinski definition) is 6. The van der Waals surface area contributed by atoms with Gasteiger partial charge in [0.1, 0.15) is 5.75 Å². The van der Waals surface area contributed by atoms with E-state index >= 15 is 0 Å². The molecule has 1 fully saturated rings. The summed E-state index contributed by atoms with van der Waals surface area (Å²) in [6, 6.07) is 20.2. The summed E-state index contributed by atoms with van der Waals surface area (Å²) in [6.07, 6.45) is 5.43. The van der Waals surface area contributed by atoms with Crippen LogP contribution in [0.1, 0.15) is 28.8 Å². The number of amides is 1. The van der Waals surface area contributed by atoms with Gasteiger partial charge in [0, 0.05) is 47.5 Å². The van der Waals surface area contributed by atoms with Crippen LogP contribution in [0, 0.1) is 0 Å². The van der Waals surface area contributed by atoms with Crippen molar-refractivity contribution >= 4 is 23.6 Å². The normalized spacial score (nSPS) is 14.6. The molecule has 0 atom stereocenters. The molecule has 0 unspecified atom stereocenters. The summed E-state index contributed by atoms with van der Waals surface area (Å²) in [5, 5.41) is 3.06. The zero-order valence-electron chi connectivity index (χ0n) is 17.6. The topological polar surface area (TPSA) is 71.5 Å². The maximum atomic E-state index is 12.5. The maximum absolute atomic E-state index is 12.5. The Labute approximate surface area is 192 Å². The van der Waals surface area contributed by atoms with Gasteiger partial charge >= 0.3 is 0 Å². The smallest absolute Gasteiger partial charge is 0.258 e. The standard InChI is InChI=1S/C25H25N3O3S/c29-24(27-21-12-15-28(16-13-21)32-23-7-4-14-26-17-23)18-31-22-10-8-20(9-11-22)25(30)19-5-2-1-3-6-19/h1-11,14,17,21H,12-13,15-16,18H2,(H,27,29). The Morgan fingerprint density at radius 3 is 2.38 bits per heavy atom. The van der Waals surface area contributed by atoms with Crippen molar-refractivity contribution in [3.63, 3.8) is 0 Å². The summed E-state index contributed by atoms with van der Waals surface area (Å²) in [5.41, 5.74) is 1.23. The summed E-state index contributed by atoms with van der Waals surface area (Å²) in [4.78, 5) is 30.0. The van der Waals surface area contributed by atoms with Crippen LogP contribution < -0.4 is 10.1 Å². The van der Waals surface area contributed by atoms with Gasteiger partial charge < -0.3 is 10.1 Å². The van der Waals surface area contributed by atoms with E-state index in [-0.39, 0.29) is 24.3 Å². The Balaban J connectivity index is 1.19. The lowest BCUT2D eigenvalue weighted by Gasteiger charge is -2.31. The molecule has 0 spiro atoms. The fourth-order valence-corrected chi connectivity index (χ4v) is 4.46. The predicted octanol–water partition coefficient (Wildman–Crippen LogP) is 3.98. The largest absolute Gasteiger partial charge is 0.484 e. The number of nitrogens with zero attached hydrogens (tertiary/aromatic N) is 2. The highest BCUT2D eigenvalue weighted by molar-refractivity contribution is 7.97. The fourth-order valence-electron chi connectivity index (χ4n) is 3.52. The van der Waals surface area contributed by atoms with E-state index in [2.05, 4.69) is 14.6 Å². The van der Waals surface area contributed by atoms with Crippen LogP contribution in [0.2, 0.25) is 0 Å². The third kappa shape index (κ3) is 6.18. The molecule has 2 aromatic carbocycles. The first-order chi connectivity index (χ1) is 15.7. The first-order valence-corrected chi connectivity index (χ1v) is 11.4. The maximum Gasteiger partial charge on any atom is 0.258 e. The van der Waals surface area contributed by atoms with Crippen LogP contribution in [-0.4, -0.2) is 46.7 Å². The molecule has 0 radical (unpaired) electrons. The van der Waals surface area contributed by atoms with E-state index in [4.69, 9.17) is 4.74 Å². The lowest BCUT2D eigenvalue weighted by atomic mass is 10.0. The molecule has 1 aliphatic heterocycles. The summed E-state index contributed by atoms with van der Waals surface area (Å²) >= 11 is 1.70. The molecule has 0 saturated carbocycles. The zero-order chi connectivity index (χ0) is 22.2. The van der Waals surface area contributed by atoms with Gasteiger partial charge in [-0.25, -0.2) is 4.31 Å². The van der Waals surface area contributed by atoms with Gasteiger partial charge in [-0.15, -0.1) is 0 Å². The third-order valence-electron chi connectivity index (χ3n) is 5.21. The molecular weight excluding hydrogens is 422 g/mol. The fraction of sp³-hybridized carbons (Fsp3) is 0.240. The molecule has 1 amide bonds. The van der Waals surface area contributed by atoms with Gasteiger partial charge in [-0.3, -0.25) is 14.6 Å². The van der Waals surface area contributed by atoms with E-state index in [0.29, 0.717) is 16.9 Å². The number of benzene rings is 2. The molecule has 4 rings (SSSR count). The molecule has 164 valence electrons. The zero-order valence-corrected chi connectivity index (χ0v) is 18.5. The average molecular weight is 448 g/mol. The second kappa shape index (κ2) is 10.9. The van der Waals surface area contributed by atoms with Gasteiger partial charge in [-0.1, -0.05) is 30.3 Å². The molecule has 0 aliphatic carbocycles. The van der Waals surface area contributed by atoms with E-state index in [1.807, 2.05) is 36.5 Å². The number of nitrogens with one attached hydrogen (secondary N) is 1. The molecule has 1 aromatic heterocycles. The van der Waals surface area contributed by atoms with Crippen molar-refractivity contribution in [3.05, 3.63) is 90.3 Å². The van der Waals surface area contributed by atoms with Crippen molar-refractivity contribution in [1.82, 2.24) is 14.6 Å². The quantitative estimate of drug-likeness (QED) is 0.416. The second-order valence-corrected chi connectivity index (χ2v) is 8.73. The van der Waals surface area contributed by atoms with E-state index in [1.165, 1.54) is 0 Å². The minimum Gasteiger partial charge on any atom is -0.484 e. The molecule has 0 bridgehead atoms. The lowest BCUT2D eigenvalue weighted by Crippen LogP contribution is -2.44. The van der Waals surface area contributed by atoms with Gasteiger partial charge in [0.2, 0.25) is 0 Å². The second-order valence-electron chi connectivity index (χ2n) is 7.56. The third-order valence-corrected chi connectivity index (χ3v) is 6.29. The summed E-state index contributed by atoms with van der Waals surface area (Å²) in [5.74, 6) is 0.392. The van der Waals surface area contributed by atoms with Gasteiger partial charge in [-0.2, -0.15) is 0 Å². The molecule has 1 saturated heterocycles. The monoisotopic (exact) mass is 447 g/mol. The number of aromatic nitrogens is 1. The minimum absolute atomic E-state index is 0.0390. The van der Waals surface area contributed by atoms with Crippen LogP contribution >= 0.6 is 11.9 Å². The van der Waals surface area contributed by atoms with E-state index in [9.17, 15) is 9.59 Å². The first kappa shape index (κ1) is 22.0.